The Bertz CT molecular complexity index is 661. The quantitative estimate of drug-likeness (QED) is 0.918. The SMILES string of the molecule is NC(=O)[C@H]1CCCN(c2ncnc3cc(Cl)ccc23)C1. The number of piperidine rings is 1. The number of nitrogens with zero attached hydrogens (tertiary/aromatic N) is 3. The van der Waals surface area contributed by atoms with E-state index < -0.39 is 0 Å². The van der Waals surface area contributed by atoms with Crippen LogP contribution < -0.4 is 10.6 Å². The predicted octanol–water partition coefficient (Wildman–Crippen LogP) is 1.98. The van der Waals surface area contributed by atoms with Crippen molar-refractivity contribution in [3.05, 3.63) is 29.5 Å². The molecule has 2 heterocycles. The molecule has 2 aromatic rings. The summed E-state index contributed by atoms with van der Waals surface area (Å²) in [6, 6.07) is 5.56. The van der Waals surface area contributed by atoms with E-state index in [1.165, 1.54) is 6.33 Å². The number of carbonyl (C=O) groups excluding carboxylic acids is 1. The van der Waals surface area contributed by atoms with Crippen LogP contribution in [0.4, 0.5) is 5.82 Å². The minimum Gasteiger partial charge on any atom is -0.369 e. The van der Waals surface area contributed by atoms with Gasteiger partial charge in [-0.2, -0.15) is 0 Å². The van der Waals surface area contributed by atoms with Crippen molar-refractivity contribution in [2.75, 3.05) is 18.0 Å². The van der Waals surface area contributed by atoms with Gasteiger partial charge in [0.25, 0.3) is 0 Å². The molecule has 3 rings (SSSR count). The van der Waals surface area contributed by atoms with Crippen LogP contribution in [0.15, 0.2) is 24.5 Å². The third-order valence-corrected chi connectivity index (χ3v) is 3.94. The second kappa shape index (κ2) is 5.25. The molecule has 0 bridgehead atoms. The maximum atomic E-state index is 11.4. The second-order valence-electron chi connectivity index (χ2n) is 5.05. The molecule has 1 saturated heterocycles. The van der Waals surface area contributed by atoms with Gasteiger partial charge in [-0.3, -0.25) is 4.79 Å². The number of nitrogens with two attached hydrogens (primary N) is 1. The second-order valence-corrected chi connectivity index (χ2v) is 5.48. The molecule has 1 aromatic heterocycles. The van der Waals surface area contributed by atoms with Gasteiger partial charge in [0.15, 0.2) is 0 Å². The first-order valence-corrected chi connectivity index (χ1v) is 6.97. The van der Waals surface area contributed by atoms with E-state index in [1.54, 1.807) is 0 Å². The molecule has 0 spiro atoms. The maximum absolute atomic E-state index is 11.4. The predicted molar refractivity (Wildman–Crippen MR) is 78.7 cm³/mol. The minimum absolute atomic E-state index is 0.110. The summed E-state index contributed by atoms with van der Waals surface area (Å²) in [7, 11) is 0. The molecule has 0 aliphatic carbocycles. The summed E-state index contributed by atoms with van der Waals surface area (Å²) >= 11 is 5.99. The topological polar surface area (TPSA) is 72.1 Å². The van der Waals surface area contributed by atoms with E-state index in [2.05, 4.69) is 14.9 Å². The van der Waals surface area contributed by atoms with Crippen LogP contribution in [-0.2, 0) is 4.79 Å². The molecule has 104 valence electrons. The van der Waals surface area contributed by atoms with Gasteiger partial charge in [-0.1, -0.05) is 11.6 Å². The van der Waals surface area contributed by atoms with E-state index in [0.29, 0.717) is 11.6 Å². The highest BCUT2D eigenvalue weighted by molar-refractivity contribution is 6.31. The van der Waals surface area contributed by atoms with E-state index in [0.717, 1.165) is 36.1 Å². The van der Waals surface area contributed by atoms with E-state index >= 15 is 0 Å². The number of fused-ring (bicyclic) bond motifs is 1. The van der Waals surface area contributed by atoms with Crippen molar-refractivity contribution in [3.8, 4) is 0 Å². The number of hydrogen-bond acceptors (Lipinski definition) is 4. The monoisotopic (exact) mass is 290 g/mol. The van der Waals surface area contributed by atoms with Crippen molar-refractivity contribution in [1.82, 2.24) is 9.97 Å². The van der Waals surface area contributed by atoms with Crippen molar-refractivity contribution in [2.45, 2.75) is 12.8 Å². The number of hydrogen-bond donors (Lipinski definition) is 1. The molecule has 0 radical (unpaired) electrons. The van der Waals surface area contributed by atoms with Crippen LogP contribution in [0.1, 0.15) is 12.8 Å². The van der Waals surface area contributed by atoms with Gasteiger partial charge in [-0.25, -0.2) is 9.97 Å². The summed E-state index contributed by atoms with van der Waals surface area (Å²) in [4.78, 5) is 22.1. The van der Waals surface area contributed by atoms with Crippen molar-refractivity contribution in [2.24, 2.45) is 11.7 Å². The molecular formula is C14H15ClN4O. The summed E-state index contributed by atoms with van der Waals surface area (Å²) in [6.07, 6.45) is 3.31. The molecule has 1 aromatic carbocycles. The highest BCUT2D eigenvalue weighted by Crippen LogP contribution is 2.28. The third kappa shape index (κ3) is 2.41. The number of primary amides is 1. The van der Waals surface area contributed by atoms with Crippen molar-refractivity contribution in [3.63, 3.8) is 0 Å². The Morgan fingerprint density at radius 1 is 1.40 bits per heavy atom. The van der Waals surface area contributed by atoms with Crippen molar-refractivity contribution >= 4 is 34.2 Å². The zero-order chi connectivity index (χ0) is 14.1. The molecule has 0 unspecified atom stereocenters. The molecule has 1 amide bonds. The standard InChI is InChI=1S/C14H15ClN4O/c15-10-3-4-11-12(6-10)17-8-18-14(11)19-5-1-2-9(7-19)13(16)20/h3-4,6,8-9H,1-2,5,7H2,(H2,16,20)/t9-/m0/s1. The average Bonchev–Trinajstić information content (AvgIpc) is 2.46. The van der Waals surface area contributed by atoms with Crippen molar-refractivity contribution < 1.29 is 4.79 Å². The fourth-order valence-electron chi connectivity index (χ4n) is 2.67. The minimum atomic E-state index is -0.240. The summed E-state index contributed by atoms with van der Waals surface area (Å²) in [5.74, 6) is 0.495. The molecule has 1 atom stereocenters. The van der Waals surface area contributed by atoms with Crippen LogP contribution in [-0.4, -0.2) is 29.0 Å². The fourth-order valence-corrected chi connectivity index (χ4v) is 2.84. The number of aromatic nitrogens is 2. The first kappa shape index (κ1) is 13.1. The molecule has 2 N–H and O–H groups in total. The van der Waals surface area contributed by atoms with Gasteiger partial charge in [0.1, 0.15) is 12.1 Å². The number of amides is 1. The van der Waals surface area contributed by atoms with Gasteiger partial charge in [-0.15, -0.1) is 0 Å². The lowest BCUT2D eigenvalue weighted by atomic mass is 9.97. The summed E-state index contributed by atoms with van der Waals surface area (Å²) < 4.78 is 0. The molecule has 5 nitrogen and oxygen atoms in total. The smallest absolute Gasteiger partial charge is 0.222 e. The molecule has 1 aliphatic rings. The Morgan fingerprint density at radius 2 is 2.25 bits per heavy atom. The van der Waals surface area contributed by atoms with Crippen LogP contribution in [0.25, 0.3) is 10.9 Å². The molecular weight excluding hydrogens is 276 g/mol. The lowest BCUT2D eigenvalue weighted by Gasteiger charge is -2.32. The van der Waals surface area contributed by atoms with Gasteiger partial charge in [0.05, 0.1) is 11.4 Å². The van der Waals surface area contributed by atoms with E-state index in [9.17, 15) is 4.79 Å². The maximum Gasteiger partial charge on any atom is 0.222 e. The van der Waals surface area contributed by atoms with Gasteiger partial charge < -0.3 is 10.6 Å². The normalized spacial score (nSPS) is 19.2. The van der Waals surface area contributed by atoms with Crippen LogP contribution >= 0.6 is 11.6 Å². The molecule has 0 saturated carbocycles. The lowest BCUT2D eigenvalue weighted by molar-refractivity contribution is -0.122. The van der Waals surface area contributed by atoms with Crippen LogP contribution in [0, 0.1) is 5.92 Å². The third-order valence-electron chi connectivity index (χ3n) is 3.70. The number of anilines is 1. The Kier molecular flexibility index (Phi) is 3.44. The van der Waals surface area contributed by atoms with Gasteiger partial charge in [0, 0.05) is 23.5 Å². The summed E-state index contributed by atoms with van der Waals surface area (Å²) in [5, 5.41) is 1.60. The average molecular weight is 291 g/mol. The Balaban J connectivity index is 1.99. The van der Waals surface area contributed by atoms with Crippen molar-refractivity contribution in [1.29, 1.82) is 0 Å². The number of halogens is 1. The highest BCUT2D eigenvalue weighted by Gasteiger charge is 2.25. The number of benzene rings is 1. The zero-order valence-electron chi connectivity index (χ0n) is 10.9. The molecule has 20 heavy (non-hydrogen) atoms. The van der Waals surface area contributed by atoms with Crippen LogP contribution in [0.2, 0.25) is 5.02 Å². The van der Waals surface area contributed by atoms with Crippen LogP contribution in [0.5, 0.6) is 0 Å². The van der Waals surface area contributed by atoms with E-state index in [1.807, 2.05) is 18.2 Å². The molecule has 1 aliphatic heterocycles. The van der Waals surface area contributed by atoms with Crippen LogP contribution in [0.3, 0.4) is 0 Å². The lowest BCUT2D eigenvalue weighted by Crippen LogP contribution is -2.41. The Labute approximate surface area is 121 Å². The largest absolute Gasteiger partial charge is 0.369 e. The highest BCUT2D eigenvalue weighted by atomic mass is 35.5. The first-order valence-electron chi connectivity index (χ1n) is 6.59. The first-order chi connectivity index (χ1) is 9.65. The molecule has 6 heteroatoms. The zero-order valence-corrected chi connectivity index (χ0v) is 11.7. The Hall–Kier alpha value is -1.88. The fraction of sp³-hybridized carbons (Fsp3) is 0.357. The summed E-state index contributed by atoms with van der Waals surface area (Å²) in [5.41, 5.74) is 6.23. The van der Waals surface area contributed by atoms with Gasteiger partial charge >= 0.3 is 0 Å². The van der Waals surface area contributed by atoms with Gasteiger partial charge in [0.2, 0.25) is 5.91 Å². The Morgan fingerprint density at radius 3 is 3.05 bits per heavy atom. The number of carbonyl (C=O) groups is 1. The summed E-state index contributed by atoms with van der Waals surface area (Å²) in [6.45, 7) is 1.49. The molecule has 1 fully saturated rings. The number of rotatable bonds is 2. The van der Waals surface area contributed by atoms with E-state index in [-0.39, 0.29) is 11.8 Å². The van der Waals surface area contributed by atoms with E-state index in [4.69, 9.17) is 17.3 Å². The van der Waals surface area contributed by atoms with Gasteiger partial charge in [-0.05, 0) is 31.0 Å².